The van der Waals surface area contributed by atoms with Gasteiger partial charge in [0, 0.05) is 24.2 Å². The first-order chi connectivity index (χ1) is 12.4. The fourth-order valence-electron chi connectivity index (χ4n) is 4.58. The minimum Gasteiger partial charge on any atom is -0.332 e. The first-order valence-electron chi connectivity index (χ1n) is 10.0. The lowest BCUT2D eigenvalue weighted by atomic mass is 9.96. The van der Waals surface area contributed by atoms with Crippen LogP contribution in [0.4, 0.5) is 0 Å². The van der Waals surface area contributed by atoms with Gasteiger partial charge in [-0.1, -0.05) is 6.07 Å². The van der Waals surface area contributed by atoms with E-state index in [9.17, 15) is 9.59 Å². The Labute approximate surface area is 156 Å². The van der Waals surface area contributed by atoms with Crippen LogP contribution in [0.3, 0.4) is 0 Å². The van der Waals surface area contributed by atoms with Crippen molar-refractivity contribution in [1.29, 1.82) is 0 Å². The zero-order chi connectivity index (χ0) is 18.8. The molecule has 5 heteroatoms. The van der Waals surface area contributed by atoms with Crippen molar-refractivity contribution in [3.05, 3.63) is 29.6 Å². The molecule has 2 amide bonds. The SMILES string of the molecule is C[C@H]1CCC[C@H](C)N1C(=O)c1cccc(C(=O)N2[C@@H](C)CCC[C@@H]2C)n1. The lowest BCUT2D eigenvalue weighted by Gasteiger charge is -2.39. The van der Waals surface area contributed by atoms with Crippen LogP contribution in [-0.4, -0.2) is 50.8 Å². The smallest absolute Gasteiger partial charge is 0.272 e. The highest BCUT2D eigenvalue weighted by atomic mass is 16.2. The lowest BCUT2D eigenvalue weighted by molar-refractivity contribution is 0.0497. The van der Waals surface area contributed by atoms with E-state index in [4.69, 9.17) is 0 Å². The number of amides is 2. The van der Waals surface area contributed by atoms with E-state index < -0.39 is 0 Å². The van der Waals surface area contributed by atoms with Gasteiger partial charge in [0.25, 0.3) is 11.8 Å². The number of likely N-dealkylation sites (tertiary alicyclic amines) is 2. The molecule has 0 radical (unpaired) electrons. The van der Waals surface area contributed by atoms with Crippen LogP contribution >= 0.6 is 0 Å². The minimum atomic E-state index is -0.0564. The average molecular weight is 357 g/mol. The summed E-state index contributed by atoms with van der Waals surface area (Å²) in [6.07, 6.45) is 6.41. The van der Waals surface area contributed by atoms with Gasteiger partial charge in [-0.2, -0.15) is 0 Å². The topological polar surface area (TPSA) is 53.5 Å². The number of piperidine rings is 2. The maximum atomic E-state index is 13.0. The monoisotopic (exact) mass is 357 g/mol. The van der Waals surface area contributed by atoms with Gasteiger partial charge < -0.3 is 9.80 Å². The number of carbonyl (C=O) groups excluding carboxylic acids is 2. The molecule has 2 aliphatic rings. The third-order valence-corrected chi connectivity index (χ3v) is 6.04. The Bertz CT molecular complexity index is 602. The molecule has 0 aromatic carbocycles. The molecular weight excluding hydrogens is 326 g/mol. The number of nitrogens with zero attached hydrogens (tertiary/aromatic N) is 3. The van der Waals surface area contributed by atoms with E-state index in [0.29, 0.717) is 11.4 Å². The summed E-state index contributed by atoms with van der Waals surface area (Å²) < 4.78 is 0. The maximum Gasteiger partial charge on any atom is 0.272 e. The van der Waals surface area contributed by atoms with Crippen LogP contribution in [0.1, 0.15) is 87.2 Å². The van der Waals surface area contributed by atoms with Gasteiger partial charge in [-0.3, -0.25) is 9.59 Å². The summed E-state index contributed by atoms with van der Waals surface area (Å²) in [6, 6.07) is 6.12. The molecule has 26 heavy (non-hydrogen) atoms. The molecule has 1 aromatic rings. The van der Waals surface area contributed by atoms with Crippen LogP contribution in [0.2, 0.25) is 0 Å². The van der Waals surface area contributed by atoms with Crippen LogP contribution in [0.5, 0.6) is 0 Å². The van der Waals surface area contributed by atoms with Crippen molar-refractivity contribution in [2.75, 3.05) is 0 Å². The van der Waals surface area contributed by atoms with Crippen molar-refractivity contribution < 1.29 is 9.59 Å². The zero-order valence-corrected chi connectivity index (χ0v) is 16.4. The Kier molecular flexibility index (Phi) is 5.64. The van der Waals surface area contributed by atoms with Crippen LogP contribution in [0.15, 0.2) is 18.2 Å². The Balaban J connectivity index is 1.83. The summed E-state index contributed by atoms with van der Waals surface area (Å²) in [5, 5.41) is 0. The van der Waals surface area contributed by atoms with Crippen molar-refractivity contribution in [2.45, 2.75) is 90.4 Å². The molecular formula is C21H31N3O2. The highest BCUT2D eigenvalue weighted by Crippen LogP contribution is 2.26. The van der Waals surface area contributed by atoms with Crippen molar-refractivity contribution in [3.8, 4) is 0 Å². The van der Waals surface area contributed by atoms with Crippen LogP contribution < -0.4 is 0 Å². The minimum absolute atomic E-state index is 0.0564. The predicted octanol–water partition coefficient (Wildman–Crippen LogP) is 3.89. The van der Waals surface area contributed by atoms with Gasteiger partial charge in [-0.15, -0.1) is 0 Å². The van der Waals surface area contributed by atoms with E-state index in [0.717, 1.165) is 38.5 Å². The third-order valence-electron chi connectivity index (χ3n) is 6.04. The van der Waals surface area contributed by atoms with Crippen molar-refractivity contribution in [1.82, 2.24) is 14.8 Å². The molecule has 4 atom stereocenters. The van der Waals surface area contributed by atoms with Crippen LogP contribution in [0.25, 0.3) is 0 Å². The Morgan fingerprint density at radius 1 is 0.769 bits per heavy atom. The number of pyridine rings is 1. The Hall–Kier alpha value is -1.91. The number of carbonyl (C=O) groups is 2. The van der Waals surface area contributed by atoms with Gasteiger partial charge >= 0.3 is 0 Å². The summed E-state index contributed by atoms with van der Waals surface area (Å²) in [6.45, 7) is 8.39. The van der Waals surface area contributed by atoms with Gasteiger partial charge in [0.2, 0.25) is 0 Å². The molecule has 2 saturated heterocycles. The van der Waals surface area contributed by atoms with E-state index in [-0.39, 0.29) is 36.0 Å². The molecule has 0 spiro atoms. The van der Waals surface area contributed by atoms with Crippen molar-refractivity contribution in [2.24, 2.45) is 0 Å². The second kappa shape index (κ2) is 7.77. The van der Waals surface area contributed by atoms with E-state index in [1.54, 1.807) is 18.2 Å². The van der Waals surface area contributed by atoms with Crippen LogP contribution in [0, 0.1) is 0 Å². The quantitative estimate of drug-likeness (QED) is 0.807. The lowest BCUT2D eigenvalue weighted by Crippen LogP contribution is -2.48. The van der Waals surface area contributed by atoms with Gasteiger partial charge in [-0.05, 0) is 78.4 Å². The normalized spacial score (nSPS) is 29.5. The Morgan fingerprint density at radius 2 is 1.12 bits per heavy atom. The number of hydrogen-bond acceptors (Lipinski definition) is 3. The van der Waals surface area contributed by atoms with E-state index in [2.05, 4.69) is 32.7 Å². The summed E-state index contributed by atoms with van der Waals surface area (Å²) >= 11 is 0. The van der Waals surface area contributed by atoms with Gasteiger partial charge in [0.05, 0.1) is 0 Å². The molecule has 5 nitrogen and oxygen atoms in total. The number of aromatic nitrogens is 1. The molecule has 3 rings (SSSR count). The molecule has 0 unspecified atom stereocenters. The van der Waals surface area contributed by atoms with E-state index in [1.807, 2.05) is 9.80 Å². The Morgan fingerprint density at radius 3 is 1.46 bits per heavy atom. The molecule has 0 saturated carbocycles. The molecule has 142 valence electrons. The molecule has 0 N–H and O–H groups in total. The average Bonchev–Trinajstić information content (AvgIpc) is 2.61. The molecule has 0 aliphatic carbocycles. The van der Waals surface area contributed by atoms with Crippen molar-refractivity contribution in [3.63, 3.8) is 0 Å². The van der Waals surface area contributed by atoms with E-state index in [1.165, 1.54) is 0 Å². The summed E-state index contributed by atoms with van der Waals surface area (Å²) in [5.41, 5.74) is 0.766. The van der Waals surface area contributed by atoms with Gasteiger partial charge in [0.15, 0.2) is 0 Å². The zero-order valence-electron chi connectivity index (χ0n) is 16.4. The second-order valence-corrected chi connectivity index (χ2v) is 8.09. The highest BCUT2D eigenvalue weighted by Gasteiger charge is 2.33. The van der Waals surface area contributed by atoms with Crippen molar-refractivity contribution >= 4 is 11.8 Å². The maximum absolute atomic E-state index is 13.0. The first-order valence-corrected chi connectivity index (χ1v) is 10.0. The summed E-state index contributed by atoms with van der Waals surface area (Å²) in [7, 11) is 0. The molecule has 1 aromatic heterocycles. The summed E-state index contributed by atoms with van der Waals surface area (Å²) in [5.74, 6) is -0.113. The third kappa shape index (κ3) is 3.62. The fraction of sp³-hybridized carbons (Fsp3) is 0.667. The highest BCUT2D eigenvalue weighted by molar-refractivity contribution is 5.96. The van der Waals surface area contributed by atoms with Gasteiger partial charge in [-0.25, -0.2) is 4.98 Å². The molecule has 2 aliphatic heterocycles. The standard InChI is InChI=1S/C21H31N3O2/c1-14-8-5-9-15(2)23(14)20(25)18-12-7-13-19(22-18)21(26)24-16(3)10-6-11-17(24)4/h7,12-17H,5-6,8-11H2,1-4H3/t14-,15-,16-,17-/m0/s1. The van der Waals surface area contributed by atoms with Crippen LogP contribution in [-0.2, 0) is 0 Å². The molecule has 2 fully saturated rings. The van der Waals surface area contributed by atoms with E-state index >= 15 is 0 Å². The molecule has 0 bridgehead atoms. The predicted molar refractivity (Wildman–Crippen MR) is 102 cm³/mol. The number of hydrogen-bond donors (Lipinski definition) is 0. The fourth-order valence-corrected chi connectivity index (χ4v) is 4.58. The second-order valence-electron chi connectivity index (χ2n) is 8.09. The summed E-state index contributed by atoms with van der Waals surface area (Å²) in [4.78, 5) is 34.4. The number of rotatable bonds is 2. The first kappa shape index (κ1) is 18.9. The molecule has 3 heterocycles. The van der Waals surface area contributed by atoms with Gasteiger partial charge in [0.1, 0.15) is 11.4 Å². The largest absolute Gasteiger partial charge is 0.332 e.